The number of nitrogens with one attached hydrogen (secondary N) is 2. The van der Waals surface area contributed by atoms with Gasteiger partial charge >= 0.3 is 5.97 Å². The molecular formula is C14H20N4O3. The molecule has 3 N–H and O–H groups in total. The lowest BCUT2D eigenvalue weighted by atomic mass is 10.1. The molecule has 1 amide bonds. The molecule has 1 saturated carbocycles. The molecule has 1 atom stereocenters. The Labute approximate surface area is 122 Å². The van der Waals surface area contributed by atoms with Crippen molar-refractivity contribution in [2.24, 2.45) is 5.92 Å². The van der Waals surface area contributed by atoms with Gasteiger partial charge in [-0.1, -0.05) is 0 Å². The Morgan fingerprint density at radius 1 is 1.38 bits per heavy atom. The van der Waals surface area contributed by atoms with Crippen LogP contribution in [0, 0.1) is 12.8 Å². The first-order valence-corrected chi connectivity index (χ1v) is 7.35. The maximum atomic E-state index is 12.8. The van der Waals surface area contributed by atoms with Gasteiger partial charge in [0.25, 0.3) is 5.91 Å². The van der Waals surface area contributed by atoms with Crippen LogP contribution < -0.4 is 5.32 Å². The fourth-order valence-corrected chi connectivity index (χ4v) is 2.79. The van der Waals surface area contributed by atoms with Crippen LogP contribution in [-0.2, 0) is 4.79 Å². The molecule has 0 bridgehead atoms. The van der Waals surface area contributed by atoms with Crippen molar-refractivity contribution in [3.8, 4) is 0 Å². The van der Waals surface area contributed by atoms with Crippen molar-refractivity contribution in [3.63, 3.8) is 0 Å². The van der Waals surface area contributed by atoms with Gasteiger partial charge in [-0.3, -0.25) is 14.7 Å². The molecule has 1 aliphatic heterocycles. The Kier molecular flexibility index (Phi) is 3.67. The van der Waals surface area contributed by atoms with Gasteiger partial charge in [0.1, 0.15) is 0 Å². The standard InChI is InChI=1S/C14H20N4O3/c1-8-11(12(17-16-8)9-2-3-9)13(19)18-5-4-15-6-10(7-18)14(20)21/h9-10,15H,2-7H2,1H3,(H,16,17)(H,20,21). The van der Waals surface area contributed by atoms with Crippen LogP contribution in [-0.4, -0.2) is 58.3 Å². The molecule has 2 heterocycles. The number of carbonyl (C=O) groups excluding carboxylic acids is 1. The zero-order valence-corrected chi connectivity index (χ0v) is 12.1. The minimum atomic E-state index is -0.867. The number of aryl methyl sites for hydroxylation is 1. The number of aromatic nitrogens is 2. The molecule has 0 aromatic carbocycles. The number of amides is 1. The molecule has 2 aliphatic rings. The van der Waals surface area contributed by atoms with Gasteiger partial charge in [0.15, 0.2) is 0 Å². The first kappa shape index (κ1) is 14.1. The second-order valence-corrected chi connectivity index (χ2v) is 5.87. The molecule has 0 spiro atoms. The molecule has 114 valence electrons. The quantitative estimate of drug-likeness (QED) is 0.746. The van der Waals surface area contributed by atoms with E-state index in [0.717, 1.165) is 24.2 Å². The summed E-state index contributed by atoms with van der Waals surface area (Å²) >= 11 is 0. The Morgan fingerprint density at radius 3 is 2.81 bits per heavy atom. The lowest BCUT2D eigenvalue weighted by Gasteiger charge is -2.22. The van der Waals surface area contributed by atoms with Crippen LogP contribution in [0.5, 0.6) is 0 Å². The normalized spacial score (nSPS) is 22.9. The first-order chi connectivity index (χ1) is 10.1. The third-order valence-corrected chi connectivity index (χ3v) is 4.18. The highest BCUT2D eigenvalue weighted by Crippen LogP contribution is 2.41. The van der Waals surface area contributed by atoms with E-state index in [0.29, 0.717) is 31.1 Å². The van der Waals surface area contributed by atoms with E-state index in [9.17, 15) is 14.7 Å². The maximum absolute atomic E-state index is 12.8. The highest BCUT2D eigenvalue weighted by atomic mass is 16.4. The maximum Gasteiger partial charge on any atom is 0.309 e. The van der Waals surface area contributed by atoms with Gasteiger partial charge < -0.3 is 15.3 Å². The first-order valence-electron chi connectivity index (χ1n) is 7.35. The van der Waals surface area contributed by atoms with Crippen LogP contribution in [0.2, 0.25) is 0 Å². The number of hydrogen-bond donors (Lipinski definition) is 3. The van der Waals surface area contributed by atoms with Gasteiger partial charge in [-0.25, -0.2) is 0 Å². The minimum absolute atomic E-state index is 0.0990. The van der Waals surface area contributed by atoms with E-state index in [1.54, 1.807) is 4.90 Å². The summed E-state index contributed by atoms with van der Waals surface area (Å²) in [6, 6.07) is 0. The average molecular weight is 292 g/mol. The monoisotopic (exact) mass is 292 g/mol. The van der Waals surface area contributed by atoms with E-state index in [4.69, 9.17) is 0 Å². The van der Waals surface area contributed by atoms with E-state index < -0.39 is 11.9 Å². The summed E-state index contributed by atoms with van der Waals surface area (Å²) < 4.78 is 0. The van der Waals surface area contributed by atoms with E-state index in [-0.39, 0.29) is 12.5 Å². The summed E-state index contributed by atoms with van der Waals surface area (Å²) in [5, 5.41) is 19.4. The molecule has 0 radical (unpaired) electrons. The molecule has 2 fully saturated rings. The van der Waals surface area contributed by atoms with E-state index >= 15 is 0 Å². The smallest absolute Gasteiger partial charge is 0.309 e. The SMILES string of the molecule is Cc1[nH]nc(C2CC2)c1C(=O)N1CCNCC(C(=O)O)C1. The molecule has 7 nitrogen and oxygen atoms in total. The number of aromatic amines is 1. The summed E-state index contributed by atoms with van der Waals surface area (Å²) in [5.41, 5.74) is 2.26. The highest BCUT2D eigenvalue weighted by Gasteiger charge is 2.35. The Hall–Kier alpha value is -1.89. The lowest BCUT2D eigenvalue weighted by Crippen LogP contribution is -2.38. The Balaban J connectivity index is 1.83. The number of H-pyrrole nitrogens is 1. The second-order valence-electron chi connectivity index (χ2n) is 5.87. The molecule has 1 aromatic heterocycles. The molecule has 1 aliphatic carbocycles. The second kappa shape index (κ2) is 5.48. The van der Waals surface area contributed by atoms with Crippen LogP contribution in [0.25, 0.3) is 0 Å². The largest absolute Gasteiger partial charge is 0.481 e. The predicted molar refractivity (Wildman–Crippen MR) is 75.2 cm³/mol. The Bertz CT molecular complexity index is 565. The van der Waals surface area contributed by atoms with Crippen LogP contribution >= 0.6 is 0 Å². The summed E-state index contributed by atoms with van der Waals surface area (Å²) in [7, 11) is 0. The van der Waals surface area contributed by atoms with Gasteiger partial charge in [0.05, 0.1) is 17.2 Å². The van der Waals surface area contributed by atoms with E-state index in [1.165, 1.54) is 0 Å². The lowest BCUT2D eigenvalue weighted by molar-refractivity contribution is -0.141. The summed E-state index contributed by atoms with van der Waals surface area (Å²) in [4.78, 5) is 25.7. The summed E-state index contributed by atoms with van der Waals surface area (Å²) in [6.07, 6.45) is 2.15. The number of carboxylic acids is 1. The number of hydrogen-bond acceptors (Lipinski definition) is 4. The van der Waals surface area contributed by atoms with Crippen LogP contribution in [0.15, 0.2) is 0 Å². The van der Waals surface area contributed by atoms with Gasteiger partial charge in [-0.15, -0.1) is 0 Å². The van der Waals surface area contributed by atoms with Gasteiger partial charge in [0.2, 0.25) is 0 Å². The third-order valence-electron chi connectivity index (χ3n) is 4.18. The van der Waals surface area contributed by atoms with Crippen LogP contribution in [0.3, 0.4) is 0 Å². The van der Waals surface area contributed by atoms with Crippen molar-refractivity contribution in [2.75, 3.05) is 26.2 Å². The third kappa shape index (κ3) is 2.78. The number of aliphatic carboxylic acids is 1. The van der Waals surface area contributed by atoms with E-state index in [2.05, 4.69) is 15.5 Å². The average Bonchev–Trinajstić information content (AvgIpc) is 3.24. The fourth-order valence-electron chi connectivity index (χ4n) is 2.79. The zero-order valence-electron chi connectivity index (χ0n) is 12.1. The summed E-state index contributed by atoms with van der Waals surface area (Å²) in [5.74, 6) is -1.14. The number of rotatable bonds is 3. The van der Waals surface area contributed by atoms with E-state index in [1.807, 2.05) is 6.92 Å². The number of carboxylic acid groups (broad SMARTS) is 1. The van der Waals surface area contributed by atoms with Crippen molar-refractivity contribution in [1.82, 2.24) is 20.4 Å². The van der Waals surface area contributed by atoms with Crippen molar-refractivity contribution in [3.05, 3.63) is 17.0 Å². The van der Waals surface area contributed by atoms with Crippen molar-refractivity contribution < 1.29 is 14.7 Å². The molecule has 1 saturated heterocycles. The molecule has 1 unspecified atom stereocenters. The van der Waals surface area contributed by atoms with Gasteiger partial charge in [-0.05, 0) is 19.8 Å². The Morgan fingerprint density at radius 2 is 2.14 bits per heavy atom. The van der Waals surface area contributed by atoms with Gasteiger partial charge in [0, 0.05) is 37.8 Å². The van der Waals surface area contributed by atoms with Crippen LogP contribution in [0.1, 0.15) is 40.5 Å². The number of nitrogens with zero attached hydrogens (tertiary/aromatic N) is 2. The zero-order chi connectivity index (χ0) is 15.0. The molecule has 1 aromatic rings. The molecule has 21 heavy (non-hydrogen) atoms. The summed E-state index contributed by atoms with van der Waals surface area (Å²) in [6.45, 7) is 3.63. The minimum Gasteiger partial charge on any atom is -0.481 e. The predicted octanol–water partition coefficient (Wildman–Crippen LogP) is 0.342. The highest BCUT2D eigenvalue weighted by molar-refractivity contribution is 5.97. The topological polar surface area (TPSA) is 98.3 Å². The molecule has 7 heteroatoms. The molecule has 3 rings (SSSR count). The van der Waals surface area contributed by atoms with Crippen molar-refractivity contribution in [1.29, 1.82) is 0 Å². The van der Waals surface area contributed by atoms with Gasteiger partial charge in [-0.2, -0.15) is 5.10 Å². The number of carbonyl (C=O) groups is 2. The van der Waals surface area contributed by atoms with Crippen LogP contribution in [0.4, 0.5) is 0 Å². The fraction of sp³-hybridized carbons (Fsp3) is 0.643. The molecular weight excluding hydrogens is 272 g/mol. The van der Waals surface area contributed by atoms with Crippen molar-refractivity contribution in [2.45, 2.75) is 25.7 Å². The van der Waals surface area contributed by atoms with Crippen molar-refractivity contribution >= 4 is 11.9 Å².